The number of likely N-dealkylation sites (tertiary alicyclic amines) is 1. The quantitative estimate of drug-likeness (QED) is 0.841. The molecular formula is C14H27N3O4S. The molecule has 8 heteroatoms. The first-order chi connectivity index (χ1) is 10.5. The Morgan fingerprint density at radius 1 is 1.09 bits per heavy atom. The molecule has 0 aromatic rings. The van der Waals surface area contributed by atoms with Crippen LogP contribution in [-0.4, -0.2) is 62.5 Å². The molecule has 0 bridgehead atoms. The Bertz CT molecular complexity index is 453. The van der Waals surface area contributed by atoms with Gasteiger partial charge in [-0.3, -0.25) is 0 Å². The van der Waals surface area contributed by atoms with Gasteiger partial charge in [-0.1, -0.05) is 12.8 Å². The molecule has 0 radical (unpaired) electrons. The molecule has 0 aromatic carbocycles. The summed E-state index contributed by atoms with van der Waals surface area (Å²) in [6.07, 6.45) is 5.02. The van der Waals surface area contributed by atoms with Gasteiger partial charge in [-0.2, -0.15) is 17.4 Å². The zero-order valence-electron chi connectivity index (χ0n) is 13.3. The van der Waals surface area contributed by atoms with Gasteiger partial charge in [-0.25, -0.2) is 4.79 Å². The maximum absolute atomic E-state index is 12.4. The van der Waals surface area contributed by atoms with Gasteiger partial charge in [0.05, 0.1) is 6.61 Å². The highest BCUT2D eigenvalue weighted by molar-refractivity contribution is 7.87. The first-order valence-electron chi connectivity index (χ1n) is 8.22. The summed E-state index contributed by atoms with van der Waals surface area (Å²) >= 11 is 0. The summed E-state index contributed by atoms with van der Waals surface area (Å²) in [6, 6.07) is -0.0982. The van der Waals surface area contributed by atoms with Gasteiger partial charge in [0.1, 0.15) is 0 Å². The molecule has 0 atom stereocenters. The second-order valence-corrected chi connectivity index (χ2v) is 7.60. The Hall–Kier alpha value is -0.860. The van der Waals surface area contributed by atoms with Gasteiger partial charge in [-0.15, -0.1) is 0 Å². The third kappa shape index (κ3) is 4.82. The topological polar surface area (TPSA) is 79.0 Å². The van der Waals surface area contributed by atoms with Crippen molar-refractivity contribution < 1.29 is 17.9 Å². The van der Waals surface area contributed by atoms with Crippen LogP contribution in [0.2, 0.25) is 0 Å². The zero-order chi connectivity index (χ0) is 16.0. The molecule has 2 rings (SSSR count). The van der Waals surface area contributed by atoms with Crippen molar-refractivity contribution in [2.75, 3.05) is 32.8 Å². The van der Waals surface area contributed by atoms with Gasteiger partial charge < -0.3 is 9.64 Å². The van der Waals surface area contributed by atoms with E-state index in [0.29, 0.717) is 45.6 Å². The van der Waals surface area contributed by atoms with E-state index in [1.165, 1.54) is 0 Å². The number of ether oxygens (including phenoxy) is 1. The van der Waals surface area contributed by atoms with Crippen molar-refractivity contribution in [2.24, 2.45) is 0 Å². The molecular weight excluding hydrogens is 306 g/mol. The molecule has 2 heterocycles. The van der Waals surface area contributed by atoms with E-state index in [4.69, 9.17) is 4.74 Å². The van der Waals surface area contributed by atoms with Crippen LogP contribution in [0.15, 0.2) is 0 Å². The van der Waals surface area contributed by atoms with E-state index in [2.05, 4.69) is 4.72 Å². The largest absolute Gasteiger partial charge is 0.450 e. The fourth-order valence-corrected chi connectivity index (χ4v) is 4.51. The molecule has 2 fully saturated rings. The summed E-state index contributed by atoms with van der Waals surface area (Å²) in [7, 11) is -3.41. The summed E-state index contributed by atoms with van der Waals surface area (Å²) < 4.78 is 34.2. The lowest BCUT2D eigenvalue weighted by Gasteiger charge is -2.32. The van der Waals surface area contributed by atoms with Gasteiger partial charge in [0.2, 0.25) is 0 Å². The van der Waals surface area contributed by atoms with E-state index in [-0.39, 0.29) is 12.1 Å². The number of nitrogens with one attached hydrogen (secondary N) is 1. The van der Waals surface area contributed by atoms with Crippen LogP contribution >= 0.6 is 0 Å². The van der Waals surface area contributed by atoms with Crippen LogP contribution in [0.4, 0.5) is 4.79 Å². The second-order valence-electron chi connectivity index (χ2n) is 5.90. The average Bonchev–Trinajstić information content (AvgIpc) is 2.77. The Kier molecular flexibility index (Phi) is 6.46. The van der Waals surface area contributed by atoms with Gasteiger partial charge in [-0.05, 0) is 32.6 Å². The van der Waals surface area contributed by atoms with Crippen molar-refractivity contribution in [2.45, 2.75) is 51.5 Å². The number of nitrogens with zero attached hydrogens (tertiary/aromatic N) is 2. The molecule has 1 amide bonds. The van der Waals surface area contributed by atoms with Crippen LogP contribution in [-0.2, 0) is 14.9 Å². The van der Waals surface area contributed by atoms with Gasteiger partial charge in [0.25, 0.3) is 10.2 Å². The molecule has 0 aliphatic carbocycles. The molecule has 2 aliphatic rings. The van der Waals surface area contributed by atoms with Crippen LogP contribution in [0.25, 0.3) is 0 Å². The predicted octanol–water partition coefficient (Wildman–Crippen LogP) is 1.32. The van der Waals surface area contributed by atoms with Crippen molar-refractivity contribution in [3.05, 3.63) is 0 Å². The fraction of sp³-hybridized carbons (Fsp3) is 0.929. The van der Waals surface area contributed by atoms with E-state index in [1.54, 1.807) is 16.1 Å². The molecule has 2 saturated heterocycles. The molecule has 1 N–H and O–H groups in total. The van der Waals surface area contributed by atoms with Crippen LogP contribution in [0.1, 0.15) is 45.4 Å². The summed E-state index contributed by atoms with van der Waals surface area (Å²) in [6.45, 7) is 4.42. The number of amides is 1. The highest BCUT2D eigenvalue weighted by atomic mass is 32.2. The molecule has 7 nitrogen and oxygen atoms in total. The molecule has 2 aliphatic heterocycles. The number of hydrogen-bond donors (Lipinski definition) is 1. The minimum Gasteiger partial charge on any atom is -0.450 e. The summed E-state index contributed by atoms with van der Waals surface area (Å²) in [5.41, 5.74) is 0. The Morgan fingerprint density at radius 3 is 2.23 bits per heavy atom. The van der Waals surface area contributed by atoms with E-state index in [1.807, 2.05) is 0 Å². The van der Waals surface area contributed by atoms with Crippen molar-refractivity contribution in [3.8, 4) is 0 Å². The normalized spacial score (nSPS) is 22.3. The van der Waals surface area contributed by atoms with E-state index < -0.39 is 10.2 Å². The molecule has 0 spiro atoms. The summed E-state index contributed by atoms with van der Waals surface area (Å²) in [5.74, 6) is 0. The molecule has 128 valence electrons. The van der Waals surface area contributed by atoms with Crippen LogP contribution in [0.3, 0.4) is 0 Å². The minimum atomic E-state index is -3.41. The maximum Gasteiger partial charge on any atom is 0.409 e. The van der Waals surface area contributed by atoms with E-state index >= 15 is 0 Å². The Labute approximate surface area is 133 Å². The fourth-order valence-electron chi connectivity index (χ4n) is 2.96. The second kappa shape index (κ2) is 8.12. The standard InChI is InChI=1S/C14H27N3O4S/c1-2-21-14(18)16-11-7-13(8-12-16)15-22(19,20)17-9-5-3-4-6-10-17/h13,15H,2-12H2,1H3. The number of carbonyl (C=O) groups excluding carboxylic acids is 1. The lowest BCUT2D eigenvalue weighted by atomic mass is 10.1. The monoisotopic (exact) mass is 333 g/mol. The third-order valence-corrected chi connectivity index (χ3v) is 5.92. The van der Waals surface area contributed by atoms with E-state index in [9.17, 15) is 13.2 Å². The molecule has 0 saturated carbocycles. The van der Waals surface area contributed by atoms with Crippen molar-refractivity contribution in [1.82, 2.24) is 13.9 Å². The van der Waals surface area contributed by atoms with Gasteiger partial charge in [0.15, 0.2) is 0 Å². The van der Waals surface area contributed by atoms with Gasteiger partial charge in [0, 0.05) is 32.2 Å². The van der Waals surface area contributed by atoms with E-state index in [0.717, 1.165) is 25.7 Å². The first kappa shape index (κ1) is 17.5. The number of carbonyl (C=O) groups is 1. The molecule has 22 heavy (non-hydrogen) atoms. The zero-order valence-corrected chi connectivity index (χ0v) is 14.1. The number of rotatable bonds is 4. The van der Waals surface area contributed by atoms with Crippen LogP contribution < -0.4 is 4.72 Å². The number of piperidine rings is 1. The molecule has 0 unspecified atom stereocenters. The summed E-state index contributed by atoms with van der Waals surface area (Å²) in [4.78, 5) is 13.3. The first-order valence-corrected chi connectivity index (χ1v) is 9.66. The smallest absolute Gasteiger partial charge is 0.409 e. The number of hydrogen-bond acceptors (Lipinski definition) is 4. The van der Waals surface area contributed by atoms with Crippen molar-refractivity contribution in [3.63, 3.8) is 0 Å². The van der Waals surface area contributed by atoms with Gasteiger partial charge >= 0.3 is 6.09 Å². The highest BCUT2D eigenvalue weighted by Gasteiger charge is 2.29. The van der Waals surface area contributed by atoms with Crippen molar-refractivity contribution >= 4 is 16.3 Å². The third-order valence-electron chi connectivity index (χ3n) is 4.24. The van der Waals surface area contributed by atoms with Crippen molar-refractivity contribution in [1.29, 1.82) is 0 Å². The lowest BCUT2D eigenvalue weighted by molar-refractivity contribution is 0.0965. The Balaban J connectivity index is 1.82. The Morgan fingerprint density at radius 2 is 1.68 bits per heavy atom. The predicted molar refractivity (Wildman–Crippen MR) is 83.7 cm³/mol. The highest BCUT2D eigenvalue weighted by Crippen LogP contribution is 2.16. The molecule has 0 aromatic heterocycles. The minimum absolute atomic E-state index is 0.0982. The maximum atomic E-state index is 12.4. The van der Waals surface area contributed by atoms with Crippen LogP contribution in [0.5, 0.6) is 0 Å². The lowest BCUT2D eigenvalue weighted by Crippen LogP contribution is -2.50. The van der Waals surface area contributed by atoms with Crippen LogP contribution in [0, 0.1) is 0 Å². The summed E-state index contributed by atoms with van der Waals surface area (Å²) in [5, 5.41) is 0. The SMILES string of the molecule is CCOC(=O)N1CCC(NS(=O)(=O)N2CCCCCC2)CC1. The average molecular weight is 333 g/mol.